The van der Waals surface area contributed by atoms with Crippen molar-refractivity contribution in [1.29, 1.82) is 0 Å². The van der Waals surface area contributed by atoms with Crippen LogP contribution < -0.4 is 0 Å². The molecule has 0 aromatic heterocycles. The first kappa shape index (κ1) is 18.8. The van der Waals surface area contributed by atoms with Crippen LogP contribution in [0.4, 0.5) is 8.78 Å². The molecule has 3 rings (SSSR count). The zero-order valence-corrected chi connectivity index (χ0v) is 14.7. The van der Waals surface area contributed by atoms with E-state index in [0.29, 0.717) is 11.1 Å². The number of aliphatic carboxylic acids is 1. The Morgan fingerprint density at radius 1 is 0.926 bits per heavy atom. The summed E-state index contributed by atoms with van der Waals surface area (Å²) < 4.78 is 28.6. The molecule has 0 aliphatic heterocycles. The molecule has 2 N–H and O–H groups in total. The van der Waals surface area contributed by atoms with Gasteiger partial charge in [-0.3, -0.25) is 0 Å². The number of hydrogen-bond acceptors (Lipinski definition) is 2. The van der Waals surface area contributed by atoms with Crippen LogP contribution in [0.25, 0.3) is 11.6 Å². The number of benzene rings is 2. The van der Waals surface area contributed by atoms with E-state index in [2.05, 4.69) is 0 Å². The number of carboxylic acid groups (broad SMARTS) is 1. The van der Waals surface area contributed by atoms with Crippen molar-refractivity contribution < 1.29 is 23.8 Å². The predicted octanol–water partition coefficient (Wildman–Crippen LogP) is 5.53. The largest absolute Gasteiger partial charge is 0.505 e. The lowest BCUT2D eigenvalue weighted by Gasteiger charge is -2.21. The second kappa shape index (κ2) is 8.16. The van der Waals surface area contributed by atoms with E-state index in [-0.39, 0.29) is 5.56 Å². The van der Waals surface area contributed by atoms with E-state index in [0.717, 1.165) is 49.3 Å². The van der Waals surface area contributed by atoms with Gasteiger partial charge in [-0.25, -0.2) is 9.18 Å². The van der Waals surface area contributed by atoms with Gasteiger partial charge in [-0.05, 0) is 60.6 Å². The summed E-state index contributed by atoms with van der Waals surface area (Å²) in [6.45, 7) is 0. The number of carbonyl (C=O) groups is 1. The maximum Gasteiger partial charge on any atom is 0.328 e. The van der Waals surface area contributed by atoms with Crippen molar-refractivity contribution >= 4 is 17.6 Å². The maximum absolute atomic E-state index is 14.6. The van der Waals surface area contributed by atoms with Crippen molar-refractivity contribution in [3.63, 3.8) is 0 Å². The van der Waals surface area contributed by atoms with Crippen molar-refractivity contribution in [1.82, 2.24) is 0 Å². The van der Waals surface area contributed by atoms with Crippen LogP contribution in [0, 0.1) is 11.6 Å². The summed E-state index contributed by atoms with van der Waals surface area (Å²) in [7, 11) is 0. The SMILES string of the molecule is O=C(O)/C=C/c1ccc(C(=C2CCCCC2)c2ccc(O)c(F)c2F)cc1. The van der Waals surface area contributed by atoms with Crippen LogP contribution in [0.2, 0.25) is 0 Å². The van der Waals surface area contributed by atoms with Gasteiger partial charge in [-0.1, -0.05) is 36.3 Å². The average molecular weight is 370 g/mol. The van der Waals surface area contributed by atoms with Gasteiger partial charge in [0.2, 0.25) is 5.82 Å². The fourth-order valence-electron chi connectivity index (χ4n) is 3.44. The minimum absolute atomic E-state index is 0.135. The lowest BCUT2D eigenvalue weighted by molar-refractivity contribution is -0.131. The van der Waals surface area contributed by atoms with Gasteiger partial charge in [0.15, 0.2) is 11.6 Å². The minimum atomic E-state index is -1.25. The number of carboxylic acids is 1. The Labute approximate surface area is 156 Å². The van der Waals surface area contributed by atoms with E-state index in [1.165, 1.54) is 18.2 Å². The molecule has 0 spiro atoms. The predicted molar refractivity (Wildman–Crippen MR) is 100 cm³/mol. The van der Waals surface area contributed by atoms with Gasteiger partial charge in [0, 0.05) is 11.6 Å². The fourth-order valence-corrected chi connectivity index (χ4v) is 3.44. The smallest absolute Gasteiger partial charge is 0.328 e. The molecule has 0 radical (unpaired) electrons. The summed E-state index contributed by atoms with van der Waals surface area (Å²) in [6, 6.07) is 9.62. The molecule has 1 aliphatic carbocycles. The molecular weight excluding hydrogens is 350 g/mol. The molecule has 140 valence electrons. The molecule has 0 heterocycles. The van der Waals surface area contributed by atoms with Gasteiger partial charge in [0.1, 0.15) is 0 Å². The molecular formula is C22H20F2O3. The maximum atomic E-state index is 14.6. The third-order valence-corrected chi connectivity index (χ3v) is 4.76. The second-order valence-electron chi connectivity index (χ2n) is 6.59. The number of phenolic OH excluding ortho intramolecular Hbond substituents is 1. The van der Waals surface area contributed by atoms with Gasteiger partial charge >= 0.3 is 5.97 Å². The molecule has 0 saturated heterocycles. The second-order valence-corrected chi connectivity index (χ2v) is 6.59. The Bertz CT molecular complexity index is 904. The first-order chi connectivity index (χ1) is 13.0. The highest BCUT2D eigenvalue weighted by Crippen LogP contribution is 2.37. The molecule has 3 nitrogen and oxygen atoms in total. The van der Waals surface area contributed by atoms with Crippen LogP contribution in [0.5, 0.6) is 5.75 Å². The van der Waals surface area contributed by atoms with Crippen molar-refractivity contribution in [3.8, 4) is 5.75 Å². The molecule has 2 aromatic rings. The fraction of sp³-hybridized carbons (Fsp3) is 0.227. The van der Waals surface area contributed by atoms with Gasteiger partial charge in [0.05, 0.1) is 0 Å². The number of halogens is 2. The van der Waals surface area contributed by atoms with E-state index in [4.69, 9.17) is 5.11 Å². The van der Waals surface area contributed by atoms with E-state index in [9.17, 15) is 18.7 Å². The average Bonchev–Trinajstić information content (AvgIpc) is 2.68. The van der Waals surface area contributed by atoms with Gasteiger partial charge in [-0.15, -0.1) is 0 Å². The number of rotatable bonds is 4. The Hall–Kier alpha value is -2.95. The standard InChI is InChI=1S/C22H20F2O3/c23-21-17(11-12-18(25)22(21)24)20(15-4-2-1-3-5-15)16-9-6-14(7-10-16)8-13-19(26)27/h6-13,25H,1-5H2,(H,26,27)/b13-8+. The Morgan fingerprint density at radius 3 is 2.22 bits per heavy atom. The number of aromatic hydroxyl groups is 1. The zero-order valence-electron chi connectivity index (χ0n) is 14.7. The van der Waals surface area contributed by atoms with Crippen LogP contribution in [0.1, 0.15) is 48.8 Å². The third kappa shape index (κ3) is 4.25. The molecule has 5 heteroatoms. The monoisotopic (exact) mass is 370 g/mol. The zero-order chi connectivity index (χ0) is 19.4. The quantitative estimate of drug-likeness (QED) is 0.695. The van der Waals surface area contributed by atoms with Gasteiger partial charge in [-0.2, -0.15) is 4.39 Å². The van der Waals surface area contributed by atoms with Crippen molar-refractivity contribution in [2.45, 2.75) is 32.1 Å². The van der Waals surface area contributed by atoms with Crippen molar-refractivity contribution in [2.75, 3.05) is 0 Å². The van der Waals surface area contributed by atoms with E-state index < -0.39 is 23.4 Å². The molecule has 0 amide bonds. The molecule has 1 fully saturated rings. The Balaban J connectivity index is 2.09. The first-order valence-corrected chi connectivity index (χ1v) is 8.88. The van der Waals surface area contributed by atoms with Crippen LogP contribution in [-0.2, 0) is 4.79 Å². The summed E-state index contributed by atoms with van der Waals surface area (Å²) in [5, 5.41) is 18.2. The summed E-state index contributed by atoms with van der Waals surface area (Å²) in [5.74, 6) is -4.05. The summed E-state index contributed by atoms with van der Waals surface area (Å²) in [4.78, 5) is 10.6. The van der Waals surface area contributed by atoms with Crippen LogP contribution >= 0.6 is 0 Å². The summed E-state index contributed by atoms with van der Waals surface area (Å²) >= 11 is 0. The molecule has 2 aromatic carbocycles. The van der Waals surface area contributed by atoms with Crippen LogP contribution in [0.3, 0.4) is 0 Å². The van der Waals surface area contributed by atoms with E-state index >= 15 is 0 Å². The van der Waals surface area contributed by atoms with E-state index in [1.54, 1.807) is 24.3 Å². The highest BCUT2D eigenvalue weighted by atomic mass is 19.2. The summed E-state index contributed by atoms with van der Waals surface area (Å²) in [5.41, 5.74) is 3.30. The normalized spacial score (nSPS) is 14.5. The highest BCUT2D eigenvalue weighted by Gasteiger charge is 2.21. The number of hydrogen-bond donors (Lipinski definition) is 2. The molecule has 0 unspecified atom stereocenters. The highest BCUT2D eigenvalue weighted by molar-refractivity contribution is 5.86. The Morgan fingerprint density at radius 2 is 1.59 bits per heavy atom. The first-order valence-electron chi connectivity index (χ1n) is 8.88. The van der Waals surface area contributed by atoms with E-state index in [1.807, 2.05) is 0 Å². The number of phenols is 1. The minimum Gasteiger partial charge on any atom is -0.505 e. The van der Waals surface area contributed by atoms with Gasteiger partial charge in [0.25, 0.3) is 0 Å². The lowest BCUT2D eigenvalue weighted by Crippen LogP contribution is -2.03. The molecule has 27 heavy (non-hydrogen) atoms. The molecule has 0 bridgehead atoms. The number of allylic oxidation sites excluding steroid dienone is 1. The molecule has 0 atom stereocenters. The topological polar surface area (TPSA) is 57.5 Å². The third-order valence-electron chi connectivity index (χ3n) is 4.76. The van der Waals surface area contributed by atoms with Gasteiger partial charge < -0.3 is 10.2 Å². The lowest BCUT2D eigenvalue weighted by atomic mass is 9.84. The Kier molecular flexibility index (Phi) is 5.69. The van der Waals surface area contributed by atoms with Crippen molar-refractivity contribution in [2.24, 2.45) is 0 Å². The van der Waals surface area contributed by atoms with Crippen LogP contribution in [-0.4, -0.2) is 16.2 Å². The van der Waals surface area contributed by atoms with Crippen LogP contribution in [0.15, 0.2) is 48.0 Å². The van der Waals surface area contributed by atoms with Crippen molar-refractivity contribution in [3.05, 3.63) is 76.4 Å². The molecule has 1 aliphatic rings. The molecule has 1 saturated carbocycles. The summed E-state index contributed by atoms with van der Waals surface area (Å²) in [6.07, 6.45) is 7.27.